The molecule has 1 atom stereocenters. The van der Waals surface area contributed by atoms with Crippen molar-refractivity contribution in [3.63, 3.8) is 0 Å². The fourth-order valence-electron chi connectivity index (χ4n) is 2.72. The Labute approximate surface area is 155 Å². The maximum atomic E-state index is 11.3. The summed E-state index contributed by atoms with van der Waals surface area (Å²) in [6, 6.07) is 0.750. The second-order valence-corrected chi connectivity index (χ2v) is 8.78. The summed E-state index contributed by atoms with van der Waals surface area (Å²) in [7, 11) is -2.83. The first kappa shape index (κ1) is 24.3. The third-order valence-corrected chi connectivity index (χ3v) is 6.97. The van der Waals surface area contributed by atoms with E-state index in [1.165, 1.54) is 38.5 Å². The SMILES string of the molecule is C=CC(=O)OC(C)O[Si](CCCCCCCCCC)(OCC)OCC. The third-order valence-electron chi connectivity index (χ3n) is 3.86. The molecule has 25 heavy (non-hydrogen) atoms. The molecule has 0 N–H and O–H groups in total. The largest absolute Gasteiger partial charge is 0.503 e. The van der Waals surface area contributed by atoms with Crippen LogP contribution in [-0.4, -0.2) is 34.3 Å². The molecule has 0 saturated carbocycles. The number of hydrogen-bond acceptors (Lipinski definition) is 5. The second kappa shape index (κ2) is 15.6. The minimum atomic E-state index is -2.83. The van der Waals surface area contributed by atoms with E-state index in [9.17, 15) is 4.79 Å². The van der Waals surface area contributed by atoms with Gasteiger partial charge in [0.15, 0.2) is 6.29 Å². The predicted molar refractivity (Wildman–Crippen MR) is 103 cm³/mol. The van der Waals surface area contributed by atoms with Gasteiger partial charge in [-0.15, -0.1) is 0 Å². The van der Waals surface area contributed by atoms with Crippen LogP contribution in [0.25, 0.3) is 0 Å². The molecule has 6 heteroatoms. The van der Waals surface area contributed by atoms with Crippen LogP contribution in [0, 0.1) is 0 Å². The molecule has 0 aliphatic heterocycles. The van der Waals surface area contributed by atoms with Crippen molar-refractivity contribution in [3.8, 4) is 0 Å². The molecule has 0 aromatic heterocycles. The Kier molecular flexibility index (Phi) is 15.1. The van der Waals surface area contributed by atoms with Crippen LogP contribution in [0.4, 0.5) is 0 Å². The third kappa shape index (κ3) is 12.3. The van der Waals surface area contributed by atoms with Gasteiger partial charge in [-0.25, -0.2) is 4.79 Å². The van der Waals surface area contributed by atoms with Crippen LogP contribution < -0.4 is 0 Å². The lowest BCUT2D eigenvalue weighted by molar-refractivity contribution is -0.161. The van der Waals surface area contributed by atoms with Gasteiger partial charge in [0.1, 0.15) is 0 Å². The summed E-state index contributed by atoms with van der Waals surface area (Å²) >= 11 is 0. The predicted octanol–water partition coefficient (Wildman–Crippen LogP) is 5.23. The number of carbonyl (C=O) groups is 1. The summed E-state index contributed by atoms with van der Waals surface area (Å²) in [4.78, 5) is 11.3. The van der Waals surface area contributed by atoms with Crippen molar-refractivity contribution < 1.29 is 22.8 Å². The van der Waals surface area contributed by atoms with Gasteiger partial charge < -0.3 is 18.0 Å². The van der Waals surface area contributed by atoms with Crippen molar-refractivity contribution in [3.05, 3.63) is 12.7 Å². The highest BCUT2D eigenvalue weighted by Gasteiger charge is 2.42. The summed E-state index contributed by atoms with van der Waals surface area (Å²) in [5.74, 6) is -0.504. The van der Waals surface area contributed by atoms with Gasteiger partial charge >= 0.3 is 14.8 Å². The first-order valence-corrected chi connectivity index (χ1v) is 11.8. The Bertz CT molecular complexity index is 343. The minimum absolute atomic E-state index is 0.504. The zero-order valence-corrected chi connectivity index (χ0v) is 17.7. The van der Waals surface area contributed by atoms with Crippen LogP contribution in [-0.2, 0) is 22.8 Å². The van der Waals surface area contributed by atoms with E-state index in [-0.39, 0.29) is 0 Å². The first-order chi connectivity index (χ1) is 12.0. The number of hydrogen-bond donors (Lipinski definition) is 0. The van der Waals surface area contributed by atoms with Crippen molar-refractivity contribution in [2.45, 2.75) is 91.4 Å². The van der Waals surface area contributed by atoms with Crippen molar-refractivity contribution >= 4 is 14.8 Å². The number of unbranched alkanes of at least 4 members (excludes halogenated alkanes) is 7. The number of esters is 1. The lowest BCUT2D eigenvalue weighted by Gasteiger charge is -2.31. The maximum Gasteiger partial charge on any atom is 0.503 e. The molecule has 0 bridgehead atoms. The molecule has 0 aromatic rings. The molecule has 0 spiro atoms. The average Bonchev–Trinajstić information content (AvgIpc) is 2.57. The molecule has 0 fully saturated rings. The molecule has 0 heterocycles. The van der Waals surface area contributed by atoms with Gasteiger partial charge in [0, 0.05) is 25.3 Å². The Balaban J connectivity index is 4.39. The van der Waals surface area contributed by atoms with E-state index >= 15 is 0 Å². The molecule has 5 nitrogen and oxygen atoms in total. The van der Waals surface area contributed by atoms with Crippen LogP contribution in [0.15, 0.2) is 12.7 Å². The Morgan fingerprint density at radius 1 is 0.960 bits per heavy atom. The number of ether oxygens (including phenoxy) is 1. The number of carbonyl (C=O) groups excluding carboxylic acids is 1. The van der Waals surface area contributed by atoms with Crippen molar-refractivity contribution in [2.24, 2.45) is 0 Å². The van der Waals surface area contributed by atoms with E-state index in [1.54, 1.807) is 6.92 Å². The van der Waals surface area contributed by atoms with Crippen molar-refractivity contribution in [1.29, 1.82) is 0 Å². The Morgan fingerprint density at radius 3 is 1.96 bits per heavy atom. The fraction of sp³-hybridized carbons (Fsp3) is 0.842. The lowest BCUT2D eigenvalue weighted by Crippen LogP contribution is -2.48. The van der Waals surface area contributed by atoms with Gasteiger partial charge in [-0.1, -0.05) is 58.4 Å². The highest BCUT2D eigenvalue weighted by atomic mass is 28.4. The minimum Gasteiger partial charge on any atom is -0.434 e. The molecular weight excluding hydrogens is 336 g/mol. The standard InChI is InChI=1S/C19H38O5Si/c1-6-10-11-12-13-14-15-16-17-25(21-8-3,22-9-4)24-18(5)23-19(20)7-2/h7,18H,2,6,8-17H2,1,3-5H3. The van der Waals surface area contributed by atoms with Crippen LogP contribution >= 0.6 is 0 Å². The summed E-state index contributed by atoms with van der Waals surface area (Å²) < 4.78 is 22.9. The maximum absolute atomic E-state index is 11.3. The zero-order chi connectivity index (χ0) is 19.0. The summed E-state index contributed by atoms with van der Waals surface area (Å²) in [5.41, 5.74) is 0. The molecule has 0 aliphatic carbocycles. The van der Waals surface area contributed by atoms with Crippen molar-refractivity contribution in [1.82, 2.24) is 0 Å². The molecular formula is C19H38O5Si. The summed E-state index contributed by atoms with van der Waals surface area (Å²) in [6.45, 7) is 12.2. The van der Waals surface area contributed by atoms with E-state index in [4.69, 9.17) is 18.0 Å². The van der Waals surface area contributed by atoms with E-state index < -0.39 is 21.1 Å². The first-order valence-electron chi connectivity index (χ1n) is 9.82. The van der Waals surface area contributed by atoms with Gasteiger partial charge in [-0.3, -0.25) is 0 Å². The van der Waals surface area contributed by atoms with Gasteiger partial charge in [0.05, 0.1) is 0 Å². The van der Waals surface area contributed by atoms with Crippen molar-refractivity contribution in [2.75, 3.05) is 13.2 Å². The molecule has 1 unspecified atom stereocenters. The summed E-state index contributed by atoms with van der Waals surface area (Å²) in [6.07, 6.45) is 10.4. The Morgan fingerprint density at radius 2 is 1.48 bits per heavy atom. The van der Waals surface area contributed by atoms with Gasteiger partial charge in [0.2, 0.25) is 0 Å². The fourth-order valence-corrected chi connectivity index (χ4v) is 5.46. The van der Waals surface area contributed by atoms with Crippen LogP contribution in [0.2, 0.25) is 6.04 Å². The van der Waals surface area contributed by atoms with Gasteiger partial charge in [0.25, 0.3) is 0 Å². The van der Waals surface area contributed by atoms with Crippen LogP contribution in [0.3, 0.4) is 0 Å². The molecule has 0 aromatic carbocycles. The van der Waals surface area contributed by atoms with E-state index in [1.807, 2.05) is 13.8 Å². The molecule has 0 radical (unpaired) electrons. The topological polar surface area (TPSA) is 54.0 Å². The molecule has 0 rings (SSSR count). The second-order valence-electron chi connectivity index (χ2n) is 6.10. The van der Waals surface area contributed by atoms with Crippen LogP contribution in [0.5, 0.6) is 0 Å². The Hall–Kier alpha value is -0.693. The smallest absolute Gasteiger partial charge is 0.434 e. The highest BCUT2D eigenvalue weighted by molar-refractivity contribution is 6.60. The molecule has 0 amide bonds. The van der Waals surface area contributed by atoms with Gasteiger partial charge in [-0.2, -0.15) is 0 Å². The number of rotatable bonds is 17. The molecule has 0 aliphatic rings. The van der Waals surface area contributed by atoms with Crippen LogP contribution in [0.1, 0.15) is 79.1 Å². The zero-order valence-electron chi connectivity index (χ0n) is 16.7. The lowest BCUT2D eigenvalue weighted by atomic mass is 10.1. The normalized spacial score (nSPS) is 12.8. The summed E-state index contributed by atoms with van der Waals surface area (Å²) in [5, 5.41) is 0. The highest BCUT2D eigenvalue weighted by Crippen LogP contribution is 2.23. The quantitative estimate of drug-likeness (QED) is 0.115. The van der Waals surface area contributed by atoms with E-state index in [2.05, 4.69) is 13.5 Å². The van der Waals surface area contributed by atoms with Gasteiger partial charge in [-0.05, 0) is 27.2 Å². The monoisotopic (exact) mass is 374 g/mol. The van der Waals surface area contributed by atoms with E-state index in [0.29, 0.717) is 13.2 Å². The average molecular weight is 375 g/mol. The molecule has 0 saturated heterocycles. The van der Waals surface area contributed by atoms with E-state index in [0.717, 1.165) is 25.0 Å². The molecule has 148 valence electrons.